The van der Waals surface area contributed by atoms with Crippen LogP contribution in [0.4, 0.5) is 27.6 Å². The van der Waals surface area contributed by atoms with Crippen molar-refractivity contribution < 1.29 is 26.7 Å². The topological polar surface area (TPSA) is 48.1 Å². The summed E-state index contributed by atoms with van der Waals surface area (Å²) in [5.41, 5.74) is 3.71. The molecule has 0 aliphatic heterocycles. The van der Waals surface area contributed by atoms with Crippen LogP contribution in [-0.4, -0.2) is 11.3 Å². The molecular formula is C7H4F5IN2O. The van der Waals surface area contributed by atoms with Crippen LogP contribution in [0.5, 0.6) is 5.88 Å². The van der Waals surface area contributed by atoms with E-state index < -0.39 is 29.9 Å². The second kappa shape index (κ2) is 4.55. The van der Waals surface area contributed by atoms with Gasteiger partial charge in [0.15, 0.2) is 0 Å². The molecule has 0 unspecified atom stereocenters. The molecule has 2 N–H and O–H groups in total. The number of halogens is 6. The molecule has 0 fully saturated rings. The predicted octanol–water partition coefficient (Wildman–Crippen LogP) is 3.10. The zero-order valence-corrected chi connectivity index (χ0v) is 9.51. The third kappa shape index (κ3) is 3.06. The molecule has 0 saturated heterocycles. The Labute approximate surface area is 99.9 Å². The zero-order valence-electron chi connectivity index (χ0n) is 7.36. The third-order valence-electron chi connectivity index (χ3n) is 1.50. The van der Waals surface area contributed by atoms with Gasteiger partial charge in [0.05, 0.1) is 9.26 Å². The molecule has 1 aromatic rings. The lowest BCUT2D eigenvalue weighted by molar-refractivity contribution is -0.276. The van der Waals surface area contributed by atoms with E-state index in [0.717, 1.165) is 6.20 Å². The number of nitrogens with zero attached hydrogens (tertiary/aromatic N) is 1. The highest BCUT2D eigenvalue weighted by Crippen LogP contribution is 2.36. The van der Waals surface area contributed by atoms with Gasteiger partial charge < -0.3 is 10.5 Å². The molecule has 0 bridgehead atoms. The number of rotatable bonds is 2. The van der Waals surface area contributed by atoms with Gasteiger partial charge >= 0.3 is 6.36 Å². The van der Waals surface area contributed by atoms with Crippen LogP contribution in [0.1, 0.15) is 12.0 Å². The molecule has 0 spiro atoms. The van der Waals surface area contributed by atoms with Crippen molar-refractivity contribution in [2.24, 2.45) is 0 Å². The van der Waals surface area contributed by atoms with E-state index in [0.29, 0.717) is 0 Å². The molecular weight excluding hydrogens is 350 g/mol. The first-order chi connectivity index (χ1) is 7.22. The Morgan fingerprint density at radius 3 is 2.38 bits per heavy atom. The van der Waals surface area contributed by atoms with Gasteiger partial charge in [-0.3, -0.25) is 0 Å². The summed E-state index contributed by atoms with van der Waals surface area (Å²) in [5.74, 6) is -1.22. The number of nitrogen functional groups attached to an aromatic ring is 1. The number of hydrogen-bond acceptors (Lipinski definition) is 3. The van der Waals surface area contributed by atoms with E-state index in [2.05, 4.69) is 9.72 Å². The van der Waals surface area contributed by atoms with Crippen molar-refractivity contribution in [2.75, 3.05) is 5.73 Å². The number of ether oxygens (including phenoxy) is 1. The number of alkyl halides is 5. The van der Waals surface area contributed by atoms with E-state index in [4.69, 9.17) is 5.73 Å². The first kappa shape index (κ1) is 13.2. The summed E-state index contributed by atoms with van der Waals surface area (Å²) in [5, 5.41) is 0. The Bertz CT molecular complexity index is 395. The fourth-order valence-electron chi connectivity index (χ4n) is 0.900. The van der Waals surface area contributed by atoms with Crippen LogP contribution >= 0.6 is 22.6 Å². The van der Waals surface area contributed by atoms with Crippen molar-refractivity contribution in [3.05, 3.63) is 15.3 Å². The van der Waals surface area contributed by atoms with Gasteiger partial charge in [0.2, 0.25) is 5.88 Å². The summed E-state index contributed by atoms with van der Waals surface area (Å²) in [6.45, 7) is 0. The molecule has 9 heteroatoms. The Morgan fingerprint density at radius 1 is 1.38 bits per heavy atom. The molecule has 16 heavy (non-hydrogen) atoms. The Kier molecular flexibility index (Phi) is 3.76. The standard InChI is InChI=1S/C7H4F5IN2O/c8-5(9)3-4(14)2(13)1-15-6(3)16-7(10,11)12/h1,5H,(H2,14,15). The molecule has 0 atom stereocenters. The number of nitrogens with two attached hydrogens (primary N) is 1. The maximum atomic E-state index is 12.5. The van der Waals surface area contributed by atoms with E-state index in [1.54, 1.807) is 22.6 Å². The van der Waals surface area contributed by atoms with E-state index in [1.807, 2.05) is 0 Å². The summed E-state index contributed by atoms with van der Waals surface area (Å²) in [6, 6.07) is 0. The van der Waals surface area contributed by atoms with E-state index >= 15 is 0 Å². The molecule has 0 aliphatic rings. The molecule has 3 nitrogen and oxygen atoms in total. The highest BCUT2D eigenvalue weighted by Gasteiger charge is 2.35. The van der Waals surface area contributed by atoms with Gasteiger partial charge in [0.1, 0.15) is 5.56 Å². The molecule has 0 saturated carbocycles. The number of aromatic nitrogens is 1. The Balaban J connectivity index is 3.24. The molecule has 1 rings (SSSR count). The van der Waals surface area contributed by atoms with Gasteiger partial charge in [-0.1, -0.05) is 0 Å². The molecule has 0 radical (unpaired) electrons. The SMILES string of the molecule is Nc1c(I)cnc(OC(F)(F)F)c1C(F)F. The summed E-state index contributed by atoms with van der Waals surface area (Å²) >= 11 is 1.58. The summed E-state index contributed by atoms with van der Waals surface area (Å²) < 4.78 is 64.0. The van der Waals surface area contributed by atoms with Crippen LogP contribution in [0, 0.1) is 3.57 Å². The minimum atomic E-state index is -5.09. The van der Waals surface area contributed by atoms with Crippen molar-refractivity contribution in [1.82, 2.24) is 4.98 Å². The van der Waals surface area contributed by atoms with Crippen molar-refractivity contribution in [3.63, 3.8) is 0 Å². The number of hydrogen-bond donors (Lipinski definition) is 1. The van der Waals surface area contributed by atoms with Crippen LogP contribution in [0.2, 0.25) is 0 Å². The van der Waals surface area contributed by atoms with Crippen molar-refractivity contribution in [1.29, 1.82) is 0 Å². The van der Waals surface area contributed by atoms with Crippen LogP contribution in [0.3, 0.4) is 0 Å². The second-order valence-electron chi connectivity index (χ2n) is 2.59. The highest BCUT2D eigenvalue weighted by atomic mass is 127. The molecule has 0 aliphatic carbocycles. The van der Waals surface area contributed by atoms with Gasteiger partial charge in [-0.2, -0.15) is 0 Å². The van der Waals surface area contributed by atoms with E-state index in [-0.39, 0.29) is 3.57 Å². The van der Waals surface area contributed by atoms with Crippen LogP contribution in [0.25, 0.3) is 0 Å². The fraction of sp³-hybridized carbons (Fsp3) is 0.286. The van der Waals surface area contributed by atoms with Crippen molar-refractivity contribution in [2.45, 2.75) is 12.8 Å². The Hall–Kier alpha value is -0.870. The maximum Gasteiger partial charge on any atom is 0.574 e. The summed E-state index contributed by atoms with van der Waals surface area (Å²) in [6.07, 6.45) is -7.36. The van der Waals surface area contributed by atoms with Crippen LogP contribution in [-0.2, 0) is 0 Å². The van der Waals surface area contributed by atoms with Crippen molar-refractivity contribution >= 4 is 28.3 Å². The van der Waals surface area contributed by atoms with E-state index in [9.17, 15) is 22.0 Å². The largest absolute Gasteiger partial charge is 0.574 e. The van der Waals surface area contributed by atoms with Gasteiger partial charge in [0.25, 0.3) is 6.43 Å². The predicted molar refractivity (Wildman–Crippen MR) is 53.0 cm³/mol. The summed E-state index contributed by atoms with van der Waals surface area (Å²) in [7, 11) is 0. The maximum absolute atomic E-state index is 12.5. The summed E-state index contributed by atoms with van der Waals surface area (Å²) in [4.78, 5) is 3.14. The molecule has 90 valence electrons. The van der Waals surface area contributed by atoms with Gasteiger partial charge in [-0.25, -0.2) is 13.8 Å². The number of pyridine rings is 1. The lowest BCUT2D eigenvalue weighted by Crippen LogP contribution is -2.20. The second-order valence-corrected chi connectivity index (χ2v) is 3.75. The van der Waals surface area contributed by atoms with E-state index in [1.165, 1.54) is 0 Å². The van der Waals surface area contributed by atoms with Gasteiger partial charge in [-0.15, -0.1) is 13.2 Å². The van der Waals surface area contributed by atoms with Crippen LogP contribution < -0.4 is 10.5 Å². The average molecular weight is 354 g/mol. The molecule has 1 aromatic heterocycles. The molecule has 1 heterocycles. The van der Waals surface area contributed by atoms with Gasteiger partial charge in [0, 0.05) is 6.20 Å². The lowest BCUT2D eigenvalue weighted by Gasteiger charge is -2.13. The van der Waals surface area contributed by atoms with Crippen molar-refractivity contribution in [3.8, 4) is 5.88 Å². The number of anilines is 1. The lowest BCUT2D eigenvalue weighted by atomic mass is 10.2. The third-order valence-corrected chi connectivity index (χ3v) is 2.36. The molecule has 0 aromatic carbocycles. The minimum absolute atomic E-state index is 0.127. The smallest absolute Gasteiger partial charge is 0.397 e. The first-order valence-corrected chi connectivity index (χ1v) is 4.78. The molecule has 0 amide bonds. The monoisotopic (exact) mass is 354 g/mol. The highest BCUT2D eigenvalue weighted by molar-refractivity contribution is 14.1. The van der Waals surface area contributed by atoms with Gasteiger partial charge in [-0.05, 0) is 22.6 Å². The minimum Gasteiger partial charge on any atom is -0.397 e. The zero-order chi connectivity index (χ0) is 12.5. The quantitative estimate of drug-likeness (QED) is 0.656. The fourth-order valence-corrected chi connectivity index (χ4v) is 1.33. The Morgan fingerprint density at radius 2 is 1.94 bits per heavy atom. The van der Waals surface area contributed by atoms with Crippen LogP contribution in [0.15, 0.2) is 6.20 Å². The normalized spacial score (nSPS) is 11.9. The average Bonchev–Trinajstić information content (AvgIpc) is 2.08. The first-order valence-electron chi connectivity index (χ1n) is 3.70.